The summed E-state index contributed by atoms with van der Waals surface area (Å²) in [7, 11) is 0. The third-order valence-corrected chi connectivity index (χ3v) is 4.59. The second-order valence-electron chi connectivity index (χ2n) is 6.54. The molecular formula is C18H22O4. The topological polar surface area (TPSA) is 52.6 Å². The fourth-order valence-corrected chi connectivity index (χ4v) is 3.50. The van der Waals surface area contributed by atoms with Gasteiger partial charge in [0.15, 0.2) is 0 Å². The molecule has 118 valence electrons. The van der Waals surface area contributed by atoms with Crippen molar-refractivity contribution in [1.82, 2.24) is 0 Å². The molecule has 0 aliphatic carbocycles. The van der Waals surface area contributed by atoms with E-state index in [2.05, 4.69) is 12.1 Å². The predicted molar refractivity (Wildman–Crippen MR) is 81.2 cm³/mol. The number of rotatable bonds is 4. The third-order valence-electron chi connectivity index (χ3n) is 4.59. The largest absolute Gasteiger partial charge is 0.462 e. The van der Waals surface area contributed by atoms with Crippen LogP contribution >= 0.6 is 0 Å². The lowest BCUT2D eigenvalue weighted by Crippen LogP contribution is -2.15. The van der Waals surface area contributed by atoms with Crippen molar-refractivity contribution in [2.24, 2.45) is 11.8 Å². The van der Waals surface area contributed by atoms with Crippen molar-refractivity contribution in [3.63, 3.8) is 0 Å². The molecule has 3 rings (SSSR count). The average molecular weight is 302 g/mol. The molecule has 0 bridgehead atoms. The molecule has 2 saturated heterocycles. The first-order chi connectivity index (χ1) is 10.5. The van der Waals surface area contributed by atoms with Gasteiger partial charge in [0.1, 0.15) is 0 Å². The maximum absolute atomic E-state index is 11.8. The Balaban J connectivity index is 1.73. The highest BCUT2D eigenvalue weighted by Gasteiger charge is 2.34. The van der Waals surface area contributed by atoms with Crippen molar-refractivity contribution in [3.8, 4) is 0 Å². The number of ether oxygens (including phenoxy) is 2. The number of cyclic esters (lactones) is 2. The van der Waals surface area contributed by atoms with Crippen molar-refractivity contribution in [2.75, 3.05) is 0 Å². The van der Waals surface area contributed by atoms with E-state index in [-0.39, 0.29) is 36.0 Å². The summed E-state index contributed by atoms with van der Waals surface area (Å²) in [6.45, 7) is 3.86. The van der Waals surface area contributed by atoms with Gasteiger partial charge in [-0.3, -0.25) is 9.59 Å². The van der Waals surface area contributed by atoms with E-state index in [9.17, 15) is 9.59 Å². The molecular weight excluding hydrogens is 280 g/mol. The van der Waals surface area contributed by atoms with Crippen molar-refractivity contribution < 1.29 is 19.1 Å². The Bertz CT molecular complexity index is 529. The van der Waals surface area contributed by atoms with Gasteiger partial charge in [0, 0.05) is 0 Å². The van der Waals surface area contributed by atoms with Crippen LogP contribution in [0, 0.1) is 11.8 Å². The van der Waals surface area contributed by atoms with E-state index >= 15 is 0 Å². The molecule has 4 nitrogen and oxygen atoms in total. The standard InChI is InChI=1S/C18H22O4/c1-11-7-15(17(19)21-11)9-13-5-3-4-6-14(13)10-16-8-12(2)22-18(16)20/h3-6,11-12,15-16H,7-10H2,1-2H3/t11-,12+,15-,16-/m0/s1. The highest BCUT2D eigenvalue weighted by molar-refractivity contribution is 5.76. The second-order valence-corrected chi connectivity index (χ2v) is 6.54. The Kier molecular flexibility index (Phi) is 4.19. The van der Waals surface area contributed by atoms with Crippen LogP contribution in [-0.2, 0) is 31.9 Å². The van der Waals surface area contributed by atoms with Gasteiger partial charge in [-0.15, -0.1) is 0 Å². The lowest BCUT2D eigenvalue weighted by atomic mass is 9.88. The van der Waals surface area contributed by atoms with Crippen molar-refractivity contribution in [2.45, 2.75) is 51.7 Å². The van der Waals surface area contributed by atoms with Gasteiger partial charge < -0.3 is 9.47 Å². The summed E-state index contributed by atoms with van der Waals surface area (Å²) in [5.41, 5.74) is 2.29. The zero-order valence-corrected chi connectivity index (χ0v) is 13.1. The molecule has 0 saturated carbocycles. The Hall–Kier alpha value is -1.84. The minimum atomic E-state index is -0.101. The number of esters is 2. The summed E-state index contributed by atoms with van der Waals surface area (Å²) in [5, 5.41) is 0. The molecule has 2 fully saturated rings. The van der Waals surface area contributed by atoms with Crippen molar-refractivity contribution in [1.29, 1.82) is 0 Å². The van der Waals surface area contributed by atoms with Crippen molar-refractivity contribution >= 4 is 11.9 Å². The summed E-state index contributed by atoms with van der Waals surface area (Å²) in [4.78, 5) is 23.7. The van der Waals surface area contributed by atoms with E-state index < -0.39 is 0 Å². The highest BCUT2D eigenvalue weighted by Crippen LogP contribution is 2.29. The molecule has 0 aromatic heterocycles. The molecule has 22 heavy (non-hydrogen) atoms. The maximum Gasteiger partial charge on any atom is 0.309 e. The van der Waals surface area contributed by atoms with Gasteiger partial charge >= 0.3 is 11.9 Å². The van der Waals surface area contributed by atoms with E-state index in [1.54, 1.807) is 0 Å². The number of hydrogen-bond acceptors (Lipinski definition) is 4. The third kappa shape index (κ3) is 3.16. The first-order valence-corrected chi connectivity index (χ1v) is 8.00. The second kappa shape index (κ2) is 6.11. The van der Waals surface area contributed by atoms with E-state index in [4.69, 9.17) is 9.47 Å². The van der Waals surface area contributed by atoms with Crippen molar-refractivity contribution in [3.05, 3.63) is 35.4 Å². The van der Waals surface area contributed by atoms with E-state index in [1.807, 2.05) is 26.0 Å². The normalized spacial score (nSPS) is 31.2. The SMILES string of the molecule is C[C@@H]1C[C@@H](Cc2ccccc2C[C@@H]2C[C@H](C)OC2=O)C(=O)O1. The molecule has 0 spiro atoms. The number of hydrogen-bond donors (Lipinski definition) is 0. The predicted octanol–water partition coefficient (Wildman–Crippen LogP) is 2.67. The van der Waals surface area contributed by atoms with Gasteiger partial charge in [0.25, 0.3) is 0 Å². The van der Waals surface area contributed by atoms with Crippen LogP contribution in [0.15, 0.2) is 24.3 Å². The Morgan fingerprint density at radius 1 is 0.864 bits per heavy atom. The number of carbonyl (C=O) groups is 2. The first kappa shape index (κ1) is 15.1. The lowest BCUT2D eigenvalue weighted by molar-refractivity contribution is -0.144. The van der Waals surface area contributed by atoms with Gasteiger partial charge in [-0.25, -0.2) is 0 Å². The van der Waals surface area contributed by atoms with Gasteiger partial charge in [-0.05, 0) is 50.7 Å². The van der Waals surface area contributed by atoms with E-state index in [0.717, 1.165) is 24.0 Å². The summed E-state index contributed by atoms with van der Waals surface area (Å²) in [6, 6.07) is 8.07. The van der Waals surface area contributed by atoms with Gasteiger partial charge in [0.2, 0.25) is 0 Å². The van der Waals surface area contributed by atoms with Gasteiger partial charge in [0.05, 0.1) is 24.0 Å². The molecule has 4 atom stereocenters. The molecule has 4 heteroatoms. The minimum absolute atomic E-state index is 0.00956. The van der Waals surface area contributed by atoms with Crippen LogP contribution < -0.4 is 0 Å². The molecule has 0 radical (unpaired) electrons. The fourth-order valence-electron chi connectivity index (χ4n) is 3.50. The van der Waals surface area contributed by atoms with Crippen LogP contribution in [-0.4, -0.2) is 24.1 Å². The monoisotopic (exact) mass is 302 g/mol. The fraction of sp³-hybridized carbons (Fsp3) is 0.556. The maximum atomic E-state index is 11.8. The zero-order valence-electron chi connectivity index (χ0n) is 13.1. The van der Waals surface area contributed by atoms with E-state index in [0.29, 0.717) is 12.8 Å². The summed E-state index contributed by atoms with van der Waals surface area (Å²) >= 11 is 0. The molecule has 0 unspecified atom stereocenters. The Labute approximate surface area is 130 Å². The molecule has 0 amide bonds. The van der Waals surface area contributed by atoms with Crippen LogP contribution in [0.25, 0.3) is 0 Å². The minimum Gasteiger partial charge on any atom is -0.462 e. The molecule has 2 aliphatic heterocycles. The van der Waals surface area contributed by atoms with Crippen LogP contribution in [0.3, 0.4) is 0 Å². The summed E-state index contributed by atoms with van der Waals surface area (Å²) in [6.07, 6.45) is 2.95. The molecule has 2 heterocycles. The zero-order chi connectivity index (χ0) is 15.7. The Morgan fingerprint density at radius 2 is 1.27 bits per heavy atom. The average Bonchev–Trinajstić information content (AvgIpc) is 2.94. The molecule has 1 aromatic carbocycles. The van der Waals surface area contributed by atoms with Gasteiger partial charge in [-0.1, -0.05) is 24.3 Å². The Morgan fingerprint density at radius 3 is 1.59 bits per heavy atom. The van der Waals surface area contributed by atoms with E-state index in [1.165, 1.54) is 0 Å². The smallest absolute Gasteiger partial charge is 0.309 e. The summed E-state index contributed by atoms with van der Waals surface area (Å²) < 4.78 is 10.5. The summed E-state index contributed by atoms with van der Waals surface area (Å²) in [5.74, 6) is -0.330. The van der Waals surface area contributed by atoms with Crippen LogP contribution in [0.5, 0.6) is 0 Å². The number of carbonyl (C=O) groups excluding carboxylic acids is 2. The quantitative estimate of drug-likeness (QED) is 0.802. The lowest BCUT2D eigenvalue weighted by Gasteiger charge is -2.13. The first-order valence-electron chi connectivity index (χ1n) is 8.00. The highest BCUT2D eigenvalue weighted by atomic mass is 16.6. The molecule has 2 aliphatic rings. The molecule has 1 aromatic rings. The van der Waals surface area contributed by atoms with Gasteiger partial charge in [-0.2, -0.15) is 0 Å². The van der Waals surface area contributed by atoms with Crippen LogP contribution in [0.1, 0.15) is 37.8 Å². The van der Waals surface area contributed by atoms with Crippen LogP contribution in [0.4, 0.5) is 0 Å². The molecule has 0 N–H and O–H groups in total. The van der Waals surface area contributed by atoms with Crippen LogP contribution in [0.2, 0.25) is 0 Å². The number of benzene rings is 1.